The lowest BCUT2D eigenvalue weighted by atomic mass is 10.1. The van der Waals surface area contributed by atoms with Gasteiger partial charge in [0.25, 0.3) is 0 Å². The fraction of sp³-hybridized carbons (Fsp3) is 0.133. The van der Waals surface area contributed by atoms with Crippen LogP contribution in [0.15, 0.2) is 41.8 Å². The first-order valence-corrected chi connectivity index (χ1v) is 6.75. The van der Waals surface area contributed by atoms with Crippen molar-refractivity contribution in [3.05, 3.63) is 57.8 Å². The van der Waals surface area contributed by atoms with Crippen LogP contribution in [0.3, 0.4) is 0 Å². The number of aryl methyl sites for hydroxylation is 1. The first-order chi connectivity index (χ1) is 9.56. The van der Waals surface area contributed by atoms with Gasteiger partial charge in [-0.05, 0) is 48.2 Å². The number of allylic oxidation sites excluding steroid dienone is 1. The second-order valence-electron chi connectivity index (χ2n) is 4.07. The van der Waals surface area contributed by atoms with E-state index in [0.29, 0.717) is 5.56 Å². The number of ether oxygens (including phenoxy) is 1. The molecule has 0 amide bonds. The summed E-state index contributed by atoms with van der Waals surface area (Å²) < 4.78 is 28.5. The Labute approximate surface area is 119 Å². The van der Waals surface area contributed by atoms with Gasteiger partial charge in [-0.2, -0.15) is 8.78 Å². The summed E-state index contributed by atoms with van der Waals surface area (Å²) in [4.78, 5) is 13.0. The van der Waals surface area contributed by atoms with Gasteiger partial charge in [-0.1, -0.05) is 12.1 Å². The summed E-state index contributed by atoms with van der Waals surface area (Å²) >= 11 is 1.54. The van der Waals surface area contributed by atoms with Gasteiger partial charge in [-0.25, -0.2) is 0 Å². The fourth-order valence-corrected chi connectivity index (χ4v) is 2.45. The zero-order valence-electron chi connectivity index (χ0n) is 10.7. The van der Waals surface area contributed by atoms with Crippen molar-refractivity contribution in [2.45, 2.75) is 13.5 Å². The van der Waals surface area contributed by atoms with E-state index in [1.165, 1.54) is 35.6 Å². The van der Waals surface area contributed by atoms with E-state index >= 15 is 0 Å². The molecule has 2 nitrogen and oxygen atoms in total. The summed E-state index contributed by atoms with van der Waals surface area (Å²) in [5, 5.41) is 1.94. The number of thiophene rings is 1. The molecule has 0 radical (unpaired) electrons. The molecule has 0 bridgehead atoms. The summed E-state index contributed by atoms with van der Waals surface area (Å²) in [6.45, 7) is -0.942. The van der Waals surface area contributed by atoms with Crippen LogP contribution in [-0.4, -0.2) is 12.4 Å². The summed E-state index contributed by atoms with van der Waals surface area (Å²) in [6, 6.07) is 7.73. The van der Waals surface area contributed by atoms with Crippen LogP contribution in [-0.2, 0) is 0 Å². The number of benzene rings is 1. The Balaban J connectivity index is 2.13. The number of ketones is 1. The van der Waals surface area contributed by atoms with E-state index in [0.717, 1.165) is 10.4 Å². The third kappa shape index (κ3) is 3.74. The fourth-order valence-electron chi connectivity index (χ4n) is 1.63. The van der Waals surface area contributed by atoms with E-state index < -0.39 is 6.61 Å². The minimum Gasteiger partial charge on any atom is -0.435 e. The quantitative estimate of drug-likeness (QED) is 0.597. The highest BCUT2D eigenvalue weighted by molar-refractivity contribution is 7.11. The summed E-state index contributed by atoms with van der Waals surface area (Å²) in [5.74, 6) is -0.274. The highest BCUT2D eigenvalue weighted by Crippen LogP contribution is 2.19. The molecule has 1 aromatic carbocycles. The van der Waals surface area contributed by atoms with Gasteiger partial charge >= 0.3 is 6.61 Å². The Morgan fingerprint density at radius 3 is 2.80 bits per heavy atom. The minimum atomic E-state index is -2.90. The predicted molar refractivity (Wildman–Crippen MR) is 75.5 cm³/mol. The lowest BCUT2D eigenvalue weighted by Crippen LogP contribution is -2.03. The molecule has 0 saturated carbocycles. The molecule has 0 spiro atoms. The Morgan fingerprint density at radius 1 is 1.35 bits per heavy atom. The molecule has 0 saturated heterocycles. The molecule has 1 heterocycles. The SMILES string of the molecule is Cc1ccsc1/C=C\C(=O)c1cccc(OC(F)F)c1. The number of halogens is 2. The standard InChI is InChI=1S/C15H12F2O2S/c1-10-7-8-20-14(10)6-5-13(18)11-3-2-4-12(9-11)19-15(16)17/h2-9,15H,1H3/b6-5-. The molecule has 0 aliphatic rings. The van der Waals surface area contributed by atoms with Gasteiger partial charge in [0.1, 0.15) is 5.75 Å². The predicted octanol–water partition coefficient (Wildman–Crippen LogP) is 4.55. The Kier molecular flexibility index (Phi) is 4.63. The van der Waals surface area contributed by atoms with E-state index in [9.17, 15) is 13.6 Å². The van der Waals surface area contributed by atoms with Crippen molar-refractivity contribution < 1.29 is 18.3 Å². The molecule has 0 aliphatic carbocycles. The van der Waals surface area contributed by atoms with Gasteiger partial charge in [0.05, 0.1) is 0 Å². The van der Waals surface area contributed by atoms with Crippen LogP contribution in [0.1, 0.15) is 20.8 Å². The first kappa shape index (κ1) is 14.4. The molecule has 2 rings (SSSR count). The van der Waals surface area contributed by atoms with Crippen molar-refractivity contribution in [1.29, 1.82) is 0 Å². The van der Waals surface area contributed by atoms with Crippen LogP contribution in [0.4, 0.5) is 8.78 Å². The maximum absolute atomic E-state index is 12.1. The van der Waals surface area contributed by atoms with Crippen LogP contribution >= 0.6 is 11.3 Å². The zero-order chi connectivity index (χ0) is 14.5. The van der Waals surface area contributed by atoms with Gasteiger partial charge in [0, 0.05) is 10.4 Å². The molecule has 20 heavy (non-hydrogen) atoms. The highest BCUT2D eigenvalue weighted by atomic mass is 32.1. The third-order valence-electron chi connectivity index (χ3n) is 2.63. The van der Waals surface area contributed by atoms with Crippen molar-refractivity contribution >= 4 is 23.2 Å². The minimum absolute atomic E-state index is 0.0217. The second kappa shape index (κ2) is 6.43. The molecule has 0 atom stereocenters. The first-order valence-electron chi connectivity index (χ1n) is 5.87. The number of alkyl halides is 2. The molecule has 104 valence electrons. The molecule has 5 heteroatoms. The normalized spacial score (nSPS) is 11.2. The van der Waals surface area contributed by atoms with Gasteiger partial charge in [-0.15, -0.1) is 11.3 Å². The number of carbonyl (C=O) groups excluding carboxylic acids is 1. The van der Waals surface area contributed by atoms with E-state index in [1.807, 2.05) is 18.4 Å². The van der Waals surface area contributed by atoms with E-state index in [4.69, 9.17) is 0 Å². The lowest BCUT2D eigenvalue weighted by Gasteiger charge is -2.04. The monoisotopic (exact) mass is 294 g/mol. The maximum atomic E-state index is 12.1. The van der Waals surface area contributed by atoms with Crippen molar-refractivity contribution in [3.8, 4) is 5.75 Å². The van der Waals surface area contributed by atoms with Crippen molar-refractivity contribution in [3.63, 3.8) is 0 Å². The Morgan fingerprint density at radius 2 is 2.15 bits per heavy atom. The maximum Gasteiger partial charge on any atom is 0.387 e. The molecular weight excluding hydrogens is 282 g/mol. The smallest absolute Gasteiger partial charge is 0.387 e. The summed E-state index contributed by atoms with van der Waals surface area (Å²) in [5.41, 5.74) is 1.41. The average molecular weight is 294 g/mol. The topological polar surface area (TPSA) is 26.3 Å². The second-order valence-corrected chi connectivity index (χ2v) is 5.02. The van der Waals surface area contributed by atoms with Crippen molar-refractivity contribution in [1.82, 2.24) is 0 Å². The van der Waals surface area contributed by atoms with Gasteiger partial charge in [0.15, 0.2) is 5.78 Å². The molecule has 0 aliphatic heterocycles. The molecule has 0 fully saturated rings. The Hall–Kier alpha value is -2.01. The molecule has 0 unspecified atom stereocenters. The van der Waals surface area contributed by atoms with E-state index in [2.05, 4.69) is 4.74 Å². The summed E-state index contributed by atoms with van der Waals surface area (Å²) in [7, 11) is 0. The zero-order valence-corrected chi connectivity index (χ0v) is 11.5. The molecular formula is C15H12F2O2S. The number of rotatable bonds is 5. The third-order valence-corrected chi connectivity index (χ3v) is 3.62. The molecule has 1 aromatic heterocycles. The van der Waals surface area contributed by atoms with Crippen molar-refractivity contribution in [2.24, 2.45) is 0 Å². The van der Waals surface area contributed by atoms with E-state index in [-0.39, 0.29) is 11.5 Å². The van der Waals surface area contributed by atoms with Crippen LogP contribution in [0.2, 0.25) is 0 Å². The molecule has 2 aromatic rings. The van der Waals surface area contributed by atoms with Gasteiger partial charge in [0.2, 0.25) is 0 Å². The van der Waals surface area contributed by atoms with Crippen molar-refractivity contribution in [2.75, 3.05) is 0 Å². The number of hydrogen-bond donors (Lipinski definition) is 0. The lowest BCUT2D eigenvalue weighted by molar-refractivity contribution is -0.0498. The van der Waals surface area contributed by atoms with Crippen LogP contribution in [0.5, 0.6) is 5.75 Å². The summed E-state index contributed by atoms with van der Waals surface area (Å²) in [6.07, 6.45) is 3.16. The number of carbonyl (C=O) groups is 1. The largest absolute Gasteiger partial charge is 0.435 e. The van der Waals surface area contributed by atoms with Gasteiger partial charge in [-0.3, -0.25) is 4.79 Å². The van der Waals surface area contributed by atoms with Crippen LogP contribution in [0.25, 0.3) is 6.08 Å². The van der Waals surface area contributed by atoms with Crippen LogP contribution < -0.4 is 4.74 Å². The van der Waals surface area contributed by atoms with E-state index in [1.54, 1.807) is 12.1 Å². The molecule has 0 N–H and O–H groups in total. The average Bonchev–Trinajstić information content (AvgIpc) is 2.81. The number of hydrogen-bond acceptors (Lipinski definition) is 3. The Bertz CT molecular complexity index is 632. The van der Waals surface area contributed by atoms with Gasteiger partial charge < -0.3 is 4.74 Å². The van der Waals surface area contributed by atoms with Crippen LogP contribution in [0, 0.1) is 6.92 Å². The highest BCUT2D eigenvalue weighted by Gasteiger charge is 2.07.